The fraction of sp³-hybridized carbons (Fsp3) is 0.360. The molecule has 1 saturated heterocycles. The van der Waals surface area contributed by atoms with Gasteiger partial charge in [0, 0.05) is 12.1 Å². The van der Waals surface area contributed by atoms with E-state index in [0.717, 1.165) is 31.6 Å². The summed E-state index contributed by atoms with van der Waals surface area (Å²) in [6, 6.07) is 15.6. The van der Waals surface area contributed by atoms with Gasteiger partial charge in [0.1, 0.15) is 11.5 Å². The van der Waals surface area contributed by atoms with Crippen LogP contribution in [-0.2, 0) is 9.59 Å². The largest absolute Gasteiger partial charge is 0.507 e. The van der Waals surface area contributed by atoms with Gasteiger partial charge in [-0.1, -0.05) is 56.3 Å². The zero-order valence-corrected chi connectivity index (χ0v) is 18.4. The van der Waals surface area contributed by atoms with Crippen LogP contribution in [0.2, 0.25) is 0 Å². The molecule has 1 heterocycles. The van der Waals surface area contributed by atoms with E-state index in [9.17, 15) is 14.7 Å². The van der Waals surface area contributed by atoms with Gasteiger partial charge in [-0.25, -0.2) is 0 Å². The van der Waals surface area contributed by atoms with Crippen molar-refractivity contribution in [2.45, 2.75) is 26.3 Å². The summed E-state index contributed by atoms with van der Waals surface area (Å²) in [5, 5.41) is 11.1. The maximum absolute atomic E-state index is 13.0. The number of methoxy groups -OCH3 is 1. The third-order valence-corrected chi connectivity index (χ3v) is 5.77. The first kappa shape index (κ1) is 22.6. The van der Waals surface area contributed by atoms with Crippen molar-refractivity contribution < 1.29 is 19.4 Å². The first-order valence-corrected chi connectivity index (χ1v) is 10.7. The Balaban J connectivity index is 2.01. The molecule has 1 amide bonds. The first-order valence-electron chi connectivity index (χ1n) is 10.7. The third kappa shape index (κ3) is 4.80. The molecule has 2 aromatic carbocycles. The van der Waals surface area contributed by atoms with Gasteiger partial charge in [-0.15, -0.1) is 0 Å². The van der Waals surface area contributed by atoms with E-state index in [0.29, 0.717) is 17.9 Å². The number of rotatable bonds is 9. The lowest BCUT2D eigenvalue weighted by Gasteiger charge is -2.26. The van der Waals surface area contributed by atoms with E-state index in [2.05, 4.69) is 18.7 Å². The molecule has 0 radical (unpaired) electrons. The first-order chi connectivity index (χ1) is 15.0. The predicted molar refractivity (Wildman–Crippen MR) is 121 cm³/mol. The second-order valence-electron chi connectivity index (χ2n) is 7.52. The molecule has 3 rings (SSSR count). The molecule has 0 aromatic heterocycles. The number of hydrogen-bond donors (Lipinski definition) is 1. The molecular weight excluding hydrogens is 392 g/mol. The average molecular weight is 423 g/mol. The van der Waals surface area contributed by atoms with Crippen molar-refractivity contribution >= 4 is 17.4 Å². The number of ketones is 1. The number of aliphatic hydroxyl groups is 1. The van der Waals surface area contributed by atoms with Gasteiger partial charge in [-0.3, -0.25) is 9.59 Å². The Labute approximate surface area is 183 Å². The van der Waals surface area contributed by atoms with E-state index in [1.165, 1.54) is 7.11 Å². The van der Waals surface area contributed by atoms with Crippen LogP contribution in [0.3, 0.4) is 0 Å². The standard InChI is InChI=1S/C25H30N2O4/c1-4-26(5-2)15-10-16-27-22(18-11-7-6-8-12-18)21(24(29)25(27)30)23(28)19-13-9-14-20(17-19)31-3/h6-9,11-14,17,22,28H,4-5,10,15-16H2,1-3H3/t22-/m0/s1. The minimum Gasteiger partial charge on any atom is -0.507 e. The molecule has 0 unspecified atom stereocenters. The quantitative estimate of drug-likeness (QED) is 0.378. The fourth-order valence-corrected chi connectivity index (χ4v) is 4.02. The highest BCUT2D eigenvalue weighted by atomic mass is 16.5. The molecule has 164 valence electrons. The van der Waals surface area contributed by atoms with Crippen LogP contribution in [0.5, 0.6) is 5.75 Å². The molecule has 6 heteroatoms. The summed E-state index contributed by atoms with van der Waals surface area (Å²) in [6.07, 6.45) is 0.747. The number of likely N-dealkylation sites (tertiary alicyclic amines) is 1. The predicted octanol–water partition coefficient (Wildman–Crippen LogP) is 3.85. The van der Waals surface area contributed by atoms with Gasteiger partial charge >= 0.3 is 0 Å². The molecule has 0 spiro atoms. The molecule has 6 nitrogen and oxygen atoms in total. The van der Waals surface area contributed by atoms with Crippen LogP contribution < -0.4 is 4.74 Å². The fourth-order valence-electron chi connectivity index (χ4n) is 4.02. The van der Waals surface area contributed by atoms with Crippen LogP contribution in [0.4, 0.5) is 0 Å². The average Bonchev–Trinajstić information content (AvgIpc) is 3.07. The Morgan fingerprint density at radius 3 is 2.42 bits per heavy atom. The Morgan fingerprint density at radius 1 is 1.06 bits per heavy atom. The Bertz CT molecular complexity index is 951. The normalized spacial score (nSPS) is 18.1. The highest BCUT2D eigenvalue weighted by Crippen LogP contribution is 2.39. The van der Waals surface area contributed by atoms with Crippen molar-refractivity contribution in [3.8, 4) is 5.75 Å². The van der Waals surface area contributed by atoms with Crippen LogP contribution in [0.15, 0.2) is 60.2 Å². The highest BCUT2D eigenvalue weighted by Gasteiger charge is 2.45. The summed E-state index contributed by atoms with van der Waals surface area (Å²) >= 11 is 0. The Morgan fingerprint density at radius 2 is 1.77 bits per heavy atom. The Hall–Kier alpha value is -3.12. The van der Waals surface area contributed by atoms with Crippen LogP contribution >= 0.6 is 0 Å². The molecule has 31 heavy (non-hydrogen) atoms. The lowest BCUT2D eigenvalue weighted by Crippen LogP contribution is -2.33. The van der Waals surface area contributed by atoms with Gasteiger partial charge < -0.3 is 19.6 Å². The van der Waals surface area contributed by atoms with Crippen molar-refractivity contribution in [1.29, 1.82) is 0 Å². The number of amides is 1. The smallest absolute Gasteiger partial charge is 0.295 e. The minimum absolute atomic E-state index is 0.118. The minimum atomic E-state index is -0.656. The van der Waals surface area contributed by atoms with Gasteiger partial charge in [-0.05, 0) is 43.8 Å². The van der Waals surface area contributed by atoms with Gasteiger partial charge in [0.25, 0.3) is 11.7 Å². The molecule has 1 atom stereocenters. The number of nitrogens with zero attached hydrogens (tertiary/aromatic N) is 2. The molecule has 0 saturated carbocycles. The summed E-state index contributed by atoms with van der Waals surface area (Å²) in [7, 11) is 1.54. The van der Waals surface area contributed by atoms with Crippen LogP contribution in [-0.4, -0.2) is 59.9 Å². The SMILES string of the molecule is CCN(CC)CCCN1C(=O)C(=O)C(=C(O)c2cccc(OC)c2)[C@@H]1c1ccccc1. The number of Topliss-reactive ketones (excluding diaryl/α,β-unsaturated/α-hetero) is 1. The van der Waals surface area contributed by atoms with Gasteiger partial charge in [0.2, 0.25) is 0 Å². The third-order valence-electron chi connectivity index (χ3n) is 5.77. The summed E-state index contributed by atoms with van der Waals surface area (Å²) in [5.74, 6) is -0.846. The van der Waals surface area contributed by atoms with Gasteiger partial charge in [-0.2, -0.15) is 0 Å². The molecule has 1 N–H and O–H groups in total. The second-order valence-corrected chi connectivity index (χ2v) is 7.52. The number of benzene rings is 2. The summed E-state index contributed by atoms with van der Waals surface area (Å²) in [6.45, 7) is 7.37. The lowest BCUT2D eigenvalue weighted by atomic mass is 9.95. The molecular formula is C25H30N2O4. The maximum Gasteiger partial charge on any atom is 0.295 e. The van der Waals surface area contributed by atoms with Crippen LogP contribution in [0.25, 0.3) is 5.76 Å². The number of ether oxygens (including phenoxy) is 1. The summed E-state index contributed by atoms with van der Waals surface area (Å²) in [4.78, 5) is 29.9. The van der Waals surface area contributed by atoms with E-state index >= 15 is 0 Å². The van der Waals surface area contributed by atoms with Gasteiger partial charge in [0.15, 0.2) is 0 Å². The van der Waals surface area contributed by atoms with Crippen molar-refractivity contribution in [1.82, 2.24) is 9.80 Å². The summed E-state index contributed by atoms with van der Waals surface area (Å²) in [5.41, 5.74) is 1.36. The monoisotopic (exact) mass is 422 g/mol. The number of carbonyl (C=O) groups is 2. The van der Waals surface area contributed by atoms with Crippen molar-refractivity contribution in [3.63, 3.8) is 0 Å². The van der Waals surface area contributed by atoms with E-state index in [-0.39, 0.29) is 11.3 Å². The summed E-state index contributed by atoms with van der Waals surface area (Å²) < 4.78 is 5.24. The van der Waals surface area contributed by atoms with E-state index < -0.39 is 17.7 Å². The lowest BCUT2D eigenvalue weighted by molar-refractivity contribution is -0.140. The van der Waals surface area contributed by atoms with Crippen molar-refractivity contribution in [2.24, 2.45) is 0 Å². The topological polar surface area (TPSA) is 70.1 Å². The second kappa shape index (κ2) is 10.3. The highest BCUT2D eigenvalue weighted by molar-refractivity contribution is 6.46. The molecule has 2 aromatic rings. The zero-order valence-electron chi connectivity index (χ0n) is 18.4. The Kier molecular flexibility index (Phi) is 7.47. The molecule has 1 fully saturated rings. The molecule has 1 aliphatic heterocycles. The van der Waals surface area contributed by atoms with Crippen molar-refractivity contribution in [2.75, 3.05) is 33.3 Å². The van der Waals surface area contributed by atoms with E-state index in [1.807, 2.05) is 30.3 Å². The molecule has 1 aliphatic rings. The number of carbonyl (C=O) groups excluding carboxylic acids is 2. The van der Waals surface area contributed by atoms with Crippen LogP contribution in [0, 0.1) is 0 Å². The molecule has 0 bridgehead atoms. The zero-order chi connectivity index (χ0) is 22.4. The number of hydrogen-bond acceptors (Lipinski definition) is 5. The van der Waals surface area contributed by atoms with E-state index in [1.54, 1.807) is 29.2 Å². The van der Waals surface area contributed by atoms with Gasteiger partial charge in [0.05, 0.1) is 18.7 Å². The number of aliphatic hydroxyl groups excluding tert-OH is 1. The maximum atomic E-state index is 13.0. The molecule has 0 aliphatic carbocycles. The van der Waals surface area contributed by atoms with Crippen molar-refractivity contribution in [3.05, 3.63) is 71.3 Å². The van der Waals surface area contributed by atoms with Crippen LogP contribution in [0.1, 0.15) is 37.4 Å². The van der Waals surface area contributed by atoms with E-state index in [4.69, 9.17) is 4.74 Å².